The number of fused-ring (bicyclic) bond motifs is 1. The van der Waals surface area contributed by atoms with E-state index in [1.807, 2.05) is 11.8 Å². The molecule has 1 aromatic carbocycles. The molecule has 1 heterocycles. The summed E-state index contributed by atoms with van der Waals surface area (Å²) in [5.74, 6) is 1.13. The molecule has 1 unspecified atom stereocenters. The van der Waals surface area contributed by atoms with Gasteiger partial charge < -0.3 is 5.11 Å². The molecule has 0 saturated heterocycles. The first-order chi connectivity index (χ1) is 8.84. The zero-order valence-electron chi connectivity index (χ0n) is 12.4. The highest BCUT2D eigenvalue weighted by molar-refractivity contribution is 8.01. The van der Waals surface area contributed by atoms with Gasteiger partial charge in [-0.2, -0.15) is 0 Å². The summed E-state index contributed by atoms with van der Waals surface area (Å²) < 4.78 is 2.09. The van der Waals surface area contributed by atoms with E-state index in [0.29, 0.717) is 0 Å². The second kappa shape index (κ2) is 5.68. The van der Waals surface area contributed by atoms with Crippen molar-refractivity contribution in [3.05, 3.63) is 23.3 Å². The molecule has 0 radical (unpaired) electrons. The number of aliphatic hydroxyl groups is 1. The summed E-state index contributed by atoms with van der Waals surface area (Å²) in [5, 5.41) is 10.5. The van der Waals surface area contributed by atoms with E-state index in [-0.39, 0.29) is 5.54 Å². The Morgan fingerprint density at radius 2 is 2.05 bits per heavy atom. The third-order valence-corrected chi connectivity index (χ3v) is 6.00. The Kier molecular flexibility index (Phi) is 4.56. The van der Waals surface area contributed by atoms with Crippen LogP contribution in [0.15, 0.2) is 21.9 Å². The molecule has 0 spiro atoms. The lowest BCUT2D eigenvalue weighted by Gasteiger charge is -2.32. The van der Waals surface area contributed by atoms with Gasteiger partial charge in [-0.1, -0.05) is 13.0 Å². The lowest BCUT2D eigenvalue weighted by molar-refractivity contribution is 0.0274. The Bertz CT molecular complexity index is 468. The molecular formula is C15H23NOS2. The van der Waals surface area contributed by atoms with E-state index in [2.05, 4.69) is 51.1 Å². The average molecular weight is 297 g/mol. The first kappa shape index (κ1) is 15.2. The molecule has 0 bridgehead atoms. The Morgan fingerprint density at radius 3 is 2.63 bits per heavy atom. The van der Waals surface area contributed by atoms with Crippen molar-refractivity contribution in [2.75, 3.05) is 5.75 Å². The molecule has 2 rings (SSSR count). The van der Waals surface area contributed by atoms with Gasteiger partial charge in [0.05, 0.1) is 0 Å². The monoisotopic (exact) mass is 297 g/mol. The van der Waals surface area contributed by atoms with Crippen molar-refractivity contribution in [3.63, 3.8) is 0 Å². The van der Waals surface area contributed by atoms with Gasteiger partial charge in [0, 0.05) is 20.9 Å². The summed E-state index contributed by atoms with van der Waals surface area (Å²) in [4.78, 5) is 2.55. The molecule has 1 aliphatic rings. The Balaban J connectivity index is 2.38. The standard InChI is InChI=1S/C15H23NOS2/c1-6-7-18-12-9-10(2)8-11-13(12)19-16(14(11)17)15(3,4)5/h8-9,14,17H,6-7H2,1-5H3. The highest BCUT2D eigenvalue weighted by Gasteiger charge is 2.38. The van der Waals surface area contributed by atoms with Gasteiger partial charge in [0.1, 0.15) is 6.23 Å². The minimum atomic E-state index is -0.499. The second-order valence-electron chi connectivity index (χ2n) is 5.99. The number of aryl methyl sites for hydroxylation is 1. The number of benzene rings is 1. The average Bonchev–Trinajstić information content (AvgIpc) is 2.64. The molecule has 0 aliphatic carbocycles. The predicted molar refractivity (Wildman–Crippen MR) is 84.6 cm³/mol. The fourth-order valence-corrected chi connectivity index (χ4v) is 4.49. The van der Waals surface area contributed by atoms with Gasteiger partial charge in [0.2, 0.25) is 0 Å². The summed E-state index contributed by atoms with van der Waals surface area (Å²) in [6.45, 7) is 10.7. The van der Waals surface area contributed by atoms with Crippen molar-refractivity contribution in [2.45, 2.75) is 62.6 Å². The summed E-state index contributed by atoms with van der Waals surface area (Å²) in [5.41, 5.74) is 2.25. The SMILES string of the molecule is CCCSc1cc(C)cc2c1SN(C(C)(C)C)C2O. The molecule has 1 atom stereocenters. The highest BCUT2D eigenvalue weighted by atomic mass is 32.2. The molecule has 1 aliphatic heterocycles. The fraction of sp³-hybridized carbons (Fsp3) is 0.600. The van der Waals surface area contributed by atoms with Crippen LogP contribution in [-0.2, 0) is 0 Å². The maximum Gasteiger partial charge on any atom is 0.144 e. The van der Waals surface area contributed by atoms with Crippen LogP contribution in [0.25, 0.3) is 0 Å². The van der Waals surface area contributed by atoms with Gasteiger partial charge >= 0.3 is 0 Å². The zero-order chi connectivity index (χ0) is 14.2. The van der Waals surface area contributed by atoms with Crippen LogP contribution < -0.4 is 0 Å². The maximum atomic E-state index is 10.5. The van der Waals surface area contributed by atoms with Crippen molar-refractivity contribution in [2.24, 2.45) is 0 Å². The molecule has 1 aromatic rings. The molecule has 4 heteroatoms. The number of hydrogen-bond acceptors (Lipinski definition) is 4. The van der Waals surface area contributed by atoms with Crippen LogP contribution in [0.3, 0.4) is 0 Å². The van der Waals surface area contributed by atoms with Gasteiger partial charge in [-0.3, -0.25) is 0 Å². The highest BCUT2D eigenvalue weighted by Crippen LogP contribution is 2.50. The van der Waals surface area contributed by atoms with Crippen LogP contribution in [-0.4, -0.2) is 20.7 Å². The van der Waals surface area contributed by atoms with Crippen molar-refractivity contribution in [1.29, 1.82) is 0 Å². The van der Waals surface area contributed by atoms with Crippen LogP contribution in [0.5, 0.6) is 0 Å². The minimum Gasteiger partial charge on any atom is -0.373 e. The predicted octanol–water partition coefficient (Wildman–Crippen LogP) is 4.61. The van der Waals surface area contributed by atoms with Crippen molar-refractivity contribution >= 4 is 23.7 Å². The molecule has 0 aromatic heterocycles. The van der Waals surface area contributed by atoms with E-state index in [0.717, 1.165) is 11.3 Å². The number of rotatable bonds is 3. The van der Waals surface area contributed by atoms with E-state index < -0.39 is 6.23 Å². The fourth-order valence-electron chi connectivity index (χ4n) is 2.15. The topological polar surface area (TPSA) is 23.5 Å². The summed E-state index contributed by atoms with van der Waals surface area (Å²) in [6, 6.07) is 4.36. The molecular weight excluding hydrogens is 274 g/mol. The van der Waals surface area contributed by atoms with E-state index >= 15 is 0 Å². The van der Waals surface area contributed by atoms with Crippen molar-refractivity contribution in [3.8, 4) is 0 Å². The van der Waals surface area contributed by atoms with E-state index in [9.17, 15) is 5.11 Å². The number of aliphatic hydroxyl groups excluding tert-OH is 1. The van der Waals surface area contributed by atoms with Gasteiger partial charge in [-0.25, -0.2) is 4.31 Å². The number of thioether (sulfide) groups is 1. The molecule has 1 N–H and O–H groups in total. The van der Waals surface area contributed by atoms with E-state index in [1.165, 1.54) is 21.8 Å². The molecule has 0 fully saturated rings. The van der Waals surface area contributed by atoms with Crippen LogP contribution in [0.1, 0.15) is 51.5 Å². The first-order valence-electron chi connectivity index (χ1n) is 6.77. The normalized spacial score (nSPS) is 19.8. The third kappa shape index (κ3) is 3.13. The van der Waals surface area contributed by atoms with Crippen molar-refractivity contribution in [1.82, 2.24) is 4.31 Å². The Morgan fingerprint density at radius 1 is 1.37 bits per heavy atom. The quantitative estimate of drug-likeness (QED) is 0.650. The number of hydrogen-bond donors (Lipinski definition) is 1. The molecule has 106 valence electrons. The van der Waals surface area contributed by atoms with Crippen LogP contribution >= 0.6 is 23.7 Å². The van der Waals surface area contributed by atoms with E-state index in [4.69, 9.17) is 0 Å². The van der Waals surface area contributed by atoms with E-state index in [1.54, 1.807) is 11.9 Å². The van der Waals surface area contributed by atoms with Crippen LogP contribution in [0.4, 0.5) is 0 Å². The van der Waals surface area contributed by atoms with Crippen molar-refractivity contribution < 1.29 is 5.11 Å². The minimum absolute atomic E-state index is 0.0519. The summed E-state index contributed by atoms with van der Waals surface area (Å²) in [6.07, 6.45) is 0.671. The van der Waals surface area contributed by atoms with Crippen LogP contribution in [0.2, 0.25) is 0 Å². The lowest BCUT2D eigenvalue weighted by atomic mass is 10.1. The second-order valence-corrected chi connectivity index (χ2v) is 8.11. The Labute approximate surface area is 125 Å². The van der Waals surface area contributed by atoms with Gasteiger partial charge in [0.15, 0.2) is 0 Å². The molecule has 0 amide bonds. The number of nitrogens with zero attached hydrogens (tertiary/aromatic N) is 1. The van der Waals surface area contributed by atoms with Gasteiger partial charge in [-0.05, 0) is 63.4 Å². The largest absolute Gasteiger partial charge is 0.373 e. The van der Waals surface area contributed by atoms with Gasteiger partial charge in [0.25, 0.3) is 0 Å². The zero-order valence-corrected chi connectivity index (χ0v) is 14.0. The summed E-state index contributed by atoms with van der Waals surface area (Å²) in [7, 11) is 0. The summed E-state index contributed by atoms with van der Waals surface area (Å²) >= 11 is 3.60. The maximum absolute atomic E-state index is 10.5. The van der Waals surface area contributed by atoms with Gasteiger partial charge in [-0.15, -0.1) is 11.8 Å². The van der Waals surface area contributed by atoms with Crippen LogP contribution in [0, 0.1) is 6.92 Å². The molecule has 19 heavy (non-hydrogen) atoms. The Hall–Kier alpha value is -0.160. The third-order valence-electron chi connectivity index (χ3n) is 3.04. The molecule has 0 saturated carbocycles. The lowest BCUT2D eigenvalue weighted by Crippen LogP contribution is -2.36. The first-order valence-corrected chi connectivity index (χ1v) is 8.53. The molecule has 2 nitrogen and oxygen atoms in total. The smallest absolute Gasteiger partial charge is 0.144 e.